The molecule has 0 aromatic carbocycles. The van der Waals surface area contributed by atoms with Crippen LogP contribution in [-0.4, -0.2) is 26.5 Å². The standard InChI is InChI=1S/C18H27N3O2S/c1-11(2)17-20-15(21-23-17)9-19-16(22)10-24-18-6-12-3-13(7-18)5-14(4-12)8-18/h11-14H,3-10H2,1-2H3,(H,19,22). The van der Waals surface area contributed by atoms with E-state index in [4.69, 9.17) is 4.52 Å². The zero-order valence-electron chi connectivity index (χ0n) is 14.6. The highest BCUT2D eigenvalue weighted by molar-refractivity contribution is 8.01. The molecule has 1 aromatic heterocycles. The number of rotatable bonds is 6. The van der Waals surface area contributed by atoms with E-state index in [1.165, 1.54) is 38.5 Å². The number of hydrogen-bond acceptors (Lipinski definition) is 5. The molecule has 5 nitrogen and oxygen atoms in total. The number of hydrogen-bond donors (Lipinski definition) is 1. The molecule has 4 bridgehead atoms. The van der Waals surface area contributed by atoms with Gasteiger partial charge in [0, 0.05) is 10.7 Å². The van der Waals surface area contributed by atoms with Crippen LogP contribution in [0.25, 0.3) is 0 Å². The molecular formula is C18H27N3O2S. The number of nitrogens with one attached hydrogen (secondary N) is 1. The van der Waals surface area contributed by atoms with E-state index in [0.29, 0.717) is 28.8 Å². The zero-order valence-corrected chi connectivity index (χ0v) is 15.4. The number of nitrogens with zero attached hydrogens (tertiary/aromatic N) is 2. The Bertz CT molecular complexity index is 578. The molecule has 0 atom stereocenters. The first kappa shape index (κ1) is 16.4. The lowest BCUT2D eigenvalue weighted by atomic mass is 9.56. The summed E-state index contributed by atoms with van der Waals surface area (Å²) in [5.41, 5.74) is 0. The van der Waals surface area contributed by atoms with E-state index in [0.717, 1.165) is 17.8 Å². The molecule has 0 saturated heterocycles. The fraction of sp³-hybridized carbons (Fsp3) is 0.833. The van der Waals surface area contributed by atoms with Crippen molar-refractivity contribution in [3.05, 3.63) is 11.7 Å². The monoisotopic (exact) mass is 349 g/mol. The Morgan fingerprint density at radius 1 is 1.25 bits per heavy atom. The van der Waals surface area contributed by atoms with Gasteiger partial charge in [-0.15, -0.1) is 11.8 Å². The number of aromatic nitrogens is 2. The van der Waals surface area contributed by atoms with Gasteiger partial charge in [-0.1, -0.05) is 19.0 Å². The van der Waals surface area contributed by atoms with E-state index in [2.05, 4.69) is 15.5 Å². The fourth-order valence-electron chi connectivity index (χ4n) is 5.23. The lowest BCUT2D eigenvalue weighted by Crippen LogP contribution is -2.49. The molecule has 24 heavy (non-hydrogen) atoms. The first-order chi connectivity index (χ1) is 11.5. The van der Waals surface area contributed by atoms with Crippen molar-refractivity contribution in [2.24, 2.45) is 17.8 Å². The summed E-state index contributed by atoms with van der Waals surface area (Å²) >= 11 is 1.91. The van der Waals surface area contributed by atoms with Crippen molar-refractivity contribution in [3.8, 4) is 0 Å². The highest BCUT2D eigenvalue weighted by atomic mass is 32.2. The zero-order chi connectivity index (χ0) is 16.7. The van der Waals surface area contributed by atoms with E-state index in [1.807, 2.05) is 25.6 Å². The maximum Gasteiger partial charge on any atom is 0.230 e. The highest BCUT2D eigenvalue weighted by Crippen LogP contribution is 2.60. The van der Waals surface area contributed by atoms with Crippen LogP contribution in [0.2, 0.25) is 0 Å². The van der Waals surface area contributed by atoms with Crippen LogP contribution in [0.5, 0.6) is 0 Å². The molecule has 4 aliphatic rings. The van der Waals surface area contributed by atoms with Crippen LogP contribution < -0.4 is 5.32 Å². The third-order valence-electron chi connectivity index (χ3n) is 5.91. The smallest absolute Gasteiger partial charge is 0.230 e. The quantitative estimate of drug-likeness (QED) is 0.851. The summed E-state index contributed by atoms with van der Waals surface area (Å²) < 4.78 is 5.56. The second-order valence-corrected chi connectivity index (χ2v) is 9.81. The summed E-state index contributed by atoms with van der Waals surface area (Å²) in [5, 5.41) is 6.86. The van der Waals surface area contributed by atoms with Crippen LogP contribution >= 0.6 is 11.8 Å². The van der Waals surface area contributed by atoms with E-state index < -0.39 is 0 Å². The van der Waals surface area contributed by atoms with Gasteiger partial charge < -0.3 is 9.84 Å². The van der Waals surface area contributed by atoms with Gasteiger partial charge in [-0.3, -0.25) is 4.79 Å². The summed E-state index contributed by atoms with van der Waals surface area (Å²) in [4.78, 5) is 16.5. The van der Waals surface area contributed by atoms with Gasteiger partial charge in [0.1, 0.15) is 0 Å². The predicted molar refractivity (Wildman–Crippen MR) is 93.6 cm³/mol. The average molecular weight is 350 g/mol. The van der Waals surface area contributed by atoms with Crippen LogP contribution in [-0.2, 0) is 11.3 Å². The maximum absolute atomic E-state index is 12.2. The molecule has 4 saturated carbocycles. The first-order valence-electron chi connectivity index (χ1n) is 9.24. The molecule has 0 spiro atoms. The minimum absolute atomic E-state index is 0.0895. The molecule has 1 heterocycles. The Morgan fingerprint density at radius 3 is 2.42 bits per heavy atom. The second-order valence-electron chi connectivity index (χ2n) is 8.37. The Labute approximate surface area is 147 Å². The van der Waals surface area contributed by atoms with Crippen molar-refractivity contribution in [2.75, 3.05) is 5.75 Å². The van der Waals surface area contributed by atoms with E-state index in [-0.39, 0.29) is 11.8 Å². The maximum atomic E-state index is 12.2. The average Bonchev–Trinajstić information content (AvgIpc) is 2.99. The molecule has 6 heteroatoms. The Morgan fingerprint density at radius 2 is 1.88 bits per heavy atom. The summed E-state index contributed by atoms with van der Waals surface area (Å²) in [6.45, 7) is 4.38. The van der Waals surface area contributed by atoms with Crippen LogP contribution in [0.1, 0.15) is 70.0 Å². The van der Waals surface area contributed by atoms with Crippen molar-refractivity contribution in [2.45, 2.75) is 69.6 Å². The number of carbonyl (C=O) groups is 1. The van der Waals surface area contributed by atoms with Crippen molar-refractivity contribution in [1.82, 2.24) is 15.5 Å². The Balaban J connectivity index is 1.26. The molecule has 4 fully saturated rings. The van der Waals surface area contributed by atoms with Gasteiger partial charge in [0.2, 0.25) is 11.8 Å². The van der Waals surface area contributed by atoms with Crippen molar-refractivity contribution < 1.29 is 9.32 Å². The second kappa shape index (κ2) is 6.36. The van der Waals surface area contributed by atoms with E-state index in [9.17, 15) is 4.79 Å². The molecule has 132 valence electrons. The summed E-state index contributed by atoms with van der Waals surface area (Å²) in [5.74, 6) is 4.84. The summed E-state index contributed by atoms with van der Waals surface area (Å²) in [6.07, 6.45) is 8.34. The van der Waals surface area contributed by atoms with Gasteiger partial charge in [-0.2, -0.15) is 4.98 Å². The fourth-order valence-corrected chi connectivity index (χ4v) is 6.83. The number of amides is 1. The Hall–Kier alpha value is -1.04. The van der Waals surface area contributed by atoms with Crippen LogP contribution in [0, 0.1) is 17.8 Å². The SMILES string of the molecule is CC(C)c1nc(CNC(=O)CSC23CC4CC(CC(C4)C2)C3)no1. The van der Waals surface area contributed by atoms with E-state index >= 15 is 0 Å². The largest absolute Gasteiger partial charge is 0.348 e. The first-order valence-corrected chi connectivity index (χ1v) is 10.2. The van der Waals surface area contributed by atoms with Crippen LogP contribution in [0.15, 0.2) is 4.52 Å². The molecule has 4 aliphatic carbocycles. The van der Waals surface area contributed by atoms with Crippen molar-refractivity contribution in [1.29, 1.82) is 0 Å². The predicted octanol–water partition coefficient (Wildman–Crippen LogP) is 3.51. The lowest BCUT2D eigenvalue weighted by molar-refractivity contribution is -0.118. The van der Waals surface area contributed by atoms with Gasteiger partial charge >= 0.3 is 0 Å². The molecule has 1 aromatic rings. The number of thioether (sulfide) groups is 1. The topological polar surface area (TPSA) is 68.0 Å². The number of carbonyl (C=O) groups excluding carboxylic acids is 1. The van der Waals surface area contributed by atoms with Gasteiger partial charge in [-0.05, 0) is 56.3 Å². The third-order valence-corrected chi connectivity index (χ3v) is 7.43. The van der Waals surface area contributed by atoms with Gasteiger partial charge in [0.25, 0.3) is 0 Å². The normalized spacial score (nSPS) is 34.0. The van der Waals surface area contributed by atoms with E-state index in [1.54, 1.807) is 0 Å². The lowest BCUT2D eigenvalue weighted by Gasteiger charge is -2.56. The molecular weight excluding hydrogens is 322 g/mol. The molecule has 0 radical (unpaired) electrons. The molecule has 0 unspecified atom stereocenters. The van der Waals surface area contributed by atoms with Crippen molar-refractivity contribution in [3.63, 3.8) is 0 Å². The molecule has 1 N–H and O–H groups in total. The molecule has 0 aliphatic heterocycles. The van der Waals surface area contributed by atoms with Gasteiger partial charge in [0.15, 0.2) is 5.82 Å². The van der Waals surface area contributed by atoms with Crippen LogP contribution in [0.4, 0.5) is 0 Å². The van der Waals surface area contributed by atoms with Crippen LogP contribution in [0.3, 0.4) is 0 Å². The van der Waals surface area contributed by atoms with Gasteiger partial charge in [0.05, 0.1) is 12.3 Å². The molecule has 1 amide bonds. The summed E-state index contributed by atoms with van der Waals surface area (Å²) in [6, 6.07) is 0. The summed E-state index contributed by atoms with van der Waals surface area (Å²) in [7, 11) is 0. The minimum atomic E-state index is 0.0895. The highest BCUT2D eigenvalue weighted by Gasteiger charge is 2.51. The third kappa shape index (κ3) is 3.35. The minimum Gasteiger partial charge on any atom is -0.348 e. The molecule has 5 rings (SSSR count). The van der Waals surface area contributed by atoms with Gasteiger partial charge in [-0.25, -0.2) is 0 Å². The van der Waals surface area contributed by atoms with Crippen molar-refractivity contribution >= 4 is 17.7 Å². The Kier molecular flexibility index (Phi) is 4.35.